The van der Waals surface area contributed by atoms with Crippen molar-refractivity contribution in [2.75, 3.05) is 6.54 Å². The van der Waals surface area contributed by atoms with Gasteiger partial charge in [-0.25, -0.2) is 0 Å². The Bertz CT molecular complexity index is 478. The quantitative estimate of drug-likeness (QED) is 0.777. The van der Waals surface area contributed by atoms with Crippen molar-refractivity contribution in [3.05, 3.63) is 33.0 Å². The second-order valence-electron chi connectivity index (χ2n) is 3.58. The Morgan fingerprint density at radius 1 is 1.38 bits per heavy atom. The number of nitrogens with zero attached hydrogens (tertiary/aromatic N) is 1. The molecule has 0 unspecified atom stereocenters. The molecule has 0 fully saturated rings. The summed E-state index contributed by atoms with van der Waals surface area (Å²) >= 11 is 7.27. The fourth-order valence-electron chi connectivity index (χ4n) is 1.56. The summed E-state index contributed by atoms with van der Waals surface area (Å²) in [6.45, 7) is 2.07. The van der Waals surface area contributed by atoms with Gasteiger partial charge in [0.05, 0.1) is 4.34 Å². The molecule has 84 valence electrons. The number of amides is 2. The van der Waals surface area contributed by atoms with Crippen LogP contribution in [-0.4, -0.2) is 23.3 Å². The maximum Gasteiger partial charge on any atom is 0.256 e. The number of rotatable bonds is 3. The van der Waals surface area contributed by atoms with Crippen LogP contribution >= 0.6 is 22.9 Å². The van der Waals surface area contributed by atoms with Gasteiger partial charge in [0.1, 0.15) is 0 Å². The van der Waals surface area contributed by atoms with E-state index < -0.39 is 0 Å². The molecule has 1 aliphatic rings. The van der Waals surface area contributed by atoms with E-state index >= 15 is 0 Å². The molecule has 0 atom stereocenters. The molecule has 0 aliphatic carbocycles. The van der Waals surface area contributed by atoms with Crippen LogP contribution in [-0.2, 0) is 16.0 Å². The lowest BCUT2D eigenvalue weighted by molar-refractivity contribution is -0.137. The van der Waals surface area contributed by atoms with Gasteiger partial charge in [0.2, 0.25) is 0 Å². The van der Waals surface area contributed by atoms with Gasteiger partial charge >= 0.3 is 0 Å². The Kier molecular flexibility index (Phi) is 3.12. The fourth-order valence-corrected chi connectivity index (χ4v) is 2.63. The first-order chi connectivity index (χ1) is 7.58. The molecule has 1 aromatic heterocycles. The minimum atomic E-state index is -0.217. The van der Waals surface area contributed by atoms with E-state index in [0.29, 0.717) is 18.5 Å². The highest BCUT2D eigenvalue weighted by Gasteiger charge is 2.27. The summed E-state index contributed by atoms with van der Waals surface area (Å²) in [7, 11) is 0. The molecule has 1 aromatic rings. The molecule has 0 radical (unpaired) electrons. The van der Waals surface area contributed by atoms with E-state index in [0.717, 1.165) is 9.21 Å². The SMILES string of the molecule is CC1=CC(=O)N(CCc2ccc(Cl)s2)C1=O. The van der Waals surface area contributed by atoms with Crippen molar-refractivity contribution >= 4 is 34.8 Å². The molecule has 2 heterocycles. The molecule has 16 heavy (non-hydrogen) atoms. The number of carbonyl (C=O) groups is 2. The highest BCUT2D eigenvalue weighted by molar-refractivity contribution is 7.16. The lowest BCUT2D eigenvalue weighted by Gasteiger charge is -2.13. The molecule has 0 bridgehead atoms. The highest BCUT2D eigenvalue weighted by Crippen LogP contribution is 2.22. The summed E-state index contributed by atoms with van der Waals surface area (Å²) in [5, 5.41) is 0. The Balaban J connectivity index is 1.97. The third-order valence-electron chi connectivity index (χ3n) is 2.40. The molecule has 0 aromatic carbocycles. The zero-order chi connectivity index (χ0) is 11.7. The number of hydrogen-bond acceptors (Lipinski definition) is 3. The first-order valence-electron chi connectivity index (χ1n) is 4.86. The number of imide groups is 1. The lowest BCUT2D eigenvalue weighted by Crippen LogP contribution is -2.32. The van der Waals surface area contributed by atoms with Crippen molar-refractivity contribution < 1.29 is 9.59 Å². The molecule has 0 spiro atoms. The average molecular weight is 256 g/mol. The Morgan fingerprint density at radius 2 is 2.12 bits per heavy atom. The molecule has 1 aliphatic heterocycles. The highest BCUT2D eigenvalue weighted by atomic mass is 35.5. The van der Waals surface area contributed by atoms with Crippen LogP contribution in [0.3, 0.4) is 0 Å². The number of carbonyl (C=O) groups excluding carboxylic acids is 2. The standard InChI is InChI=1S/C11H10ClNO2S/c1-7-6-10(14)13(11(7)15)5-4-8-2-3-9(12)16-8/h2-3,6H,4-5H2,1H3. The summed E-state index contributed by atoms with van der Waals surface area (Å²) in [6, 6.07) is 3.73. The van der Waals surface area contributed by atoms with Gasteiger partial charge in [0.25, 0.3) is 11.8 Å². The maximum absolute atomic E-state index is 11.6. The van der Waals surface area contributed by atoms with Crippen LogP contribution in [0.4, 0.5) is 0 Å². The summed E-state index contributed by atoms with van der Waals surface area (Å²) < 4.78 is 0.725. The van der Waals surface area contributed by atoms with Crippen LogP contribution < -0.4 is 0 Å². The van der Waals surface area contributed by atoms with Gasteiger partial charge in [-0.1, -0.05) is 11.6 Å². The van der Waals surface area contributed by atoms with Gasteiger partial charge in [0, 0.05) is 23.1 Å². The van der Waals surface area contributed by atoms with Gasteiger partial charge in [0.15, 0.2) is 0 Å². The van der Waals surface area contributed by atoms with Crippen LogP contribution in [0.15, 0.2) is 23.8 Å². The average Bonchev–Trinajstić information content (AvgIpc) is 2.72. The van der Waals surface area contributed by atoms with Crippen molar-refractivity contribution in [3.8, 4) is 0 Å². The van der Waals surface area contributed by atoms with E-state index in [4.69, 9.17) is 11.6 Å². The maximum atomic E-state index is 11.6. The van der Waals surface area contributed by atoms with Crippen LogP contribution in [0, 0.1) is 0 Å². The van der Waals surface area contributed by atoms with Crippen molar-refractivity contribution in [2.45, 2.75) is 13.3 Å². The van der Waals surface area contributed by atoms with Gasteiger partial charge in [-0.05, 0) is 25.5 Å². The smallest absolute Gasteiger partial charge is 0.256 e. The lowest BCUT2D eigenvalue weighted by atomic mass is 10.3. The fraction of sp³-hybridized carbons (Fsp3) is 0.273. The largest absolute Gasteiger partial charge is 0.275 e. The Morgan fingerprint density at radius 3 is 2.62 bits per heavy atom. The Labute approximate surface area is 102 Å². The van der Waals surface area contributed by atoms with Gasteiger partial charge < -0.3 is 0 Å². The third kappa shape index (κ3) is 2.18. The second kappa shape index (κ2) is 4.39. The molecular formula is C11H10ClNO2S. The summed E-state index contributed by atoms with van der Waals surface area (Å²) in [4.78, 5) is 25.3. The van der Waals surface area contributed by atoms with E-state index in [2.05, 4.69) is 0 Å². The molecule has 2 amide bonds. The van der Waals surface area contributed by atoms with Gasteiger partial charge in [-0.15, -0.1) is 11.3 Å². The monoisotopic (exact) mass is 255 g/mol. The minimum absolute atomic E-state index is 0.187. The van der Waals surface area contributed by atoms with Gasteiger partial charge in [-0.2, -0.15) is 0 Å². The number of thiophene rings is 1. The van der Waals surface area contributed by atoms with Crippen LogP contribution in [0.2, 0.25) is 4.34 Å². The minimum Gasteiger partial charge on any atom is -0.275 e. The summed E-state index contributed by atoms with van der Waals surface area (Å²) in [5.41, 5.74) is 0.509. The topological polar surface area (TPSA) is 37.4 Å². The van der Waals surface area contributed by atoms with E-state index in [1.165, 1.54) is 22.3 Å². The van der Waals surface area contributed by atoms with Crippen LogP contribution in [0.25, 0.3) is 0 Å². The Hall–Kier alpha value is -1.13. The normalized spacial score (nSPS) is 15.9. The summed E-state index contributed by atoms with van der Waals surface area (Å²) in [5.74, 6) is -0.405. The van der Waals surface area contributed by atoms with Crippen molar-refractivity contribution in [1.29, 1.82) is 0 Å². The summed E-state index contributed by atoms with van der Waals surface area (Å²) in [6.07, 6.45) is 2.04. The molecule has 0 N–H and O–H groups in total. The molecule has 5 heteroatoms. The molecular weight excluding hydrogens is 246 g/mol. The number of hydrogen-bond donors (Lipinski definition) is 0. The van der Waals surface area contributed by atoms with Crippen molar-refractivity contribution in [1.82, 2.24) is 4.90 Å². The molecule has 3 nitrogen and oxygen atoms in total. The molecule has 2 rings (SSSR count). The first kappa shape index (κ1) is 11.4. The van der Waals surface area contributed by atoms with Crippen LogP contribution in [0.5, 0.6) is 0 Å². The molecule has 0 saturated carbocycles. The van der Waals surface area contributed by atoms with E-state index in [-0.39, 0.29) is 11.8 Å². The van der Waals surface area contributed by atoms with E-state index in [1.807, 2.05) is 12.1 Å². The molecule has 0 saturated heterocycles. The van der Waals surface area contributed by atoms with Crippen molar-refractivity contribution in [3.63, 3.8) is 0 Å². The zero-order valence-corrected chi connectivity index (χ0v) is 10.3. The first-order valence-corrected chi connectivity index (χ1v) is 6.05. The van der Waals surface area contributed by atoms with Crippen molar-refractivity contribution in [2.24, 2.45) is 0 Å². The third-order valence-corrected chi connectivity index (χ3v) is 3.69. The predicted molar refractivity (Wildman–Crippen MR) is 63.5 cm³/mol. The number of halogens is 1. The van der Waals surface area contributed by atoms with Crippen LogP contribution in [0.1, 0.15) is 11.8 Å². The van der Waals surface area contributed by atoms with Gasteiger partial charge in [-0.3, -0.25) is 14.5 Å². The van der Waals surface area contributed by atoms with E-state index in [1.54, 1.807) is 6.92 Å². The van der Waals surface area contributed by atoms with E-state index in [9.17, 15) is 9.59 Å². The predicted octanol–water partition coefficient (Wildman–Crippen LogP) is 2.26. The zero-order valence-electron chi connectivity index (χ0n) is 8.70. The second-order valence-corrected chi connectivity index (χ2v) is 5.38.